The minimum Gasteiger partial charge on any atom is -0.375 e. The Bertz CT molecular complexity index is 564. The molecule has 1 aromatic carbocycles. The Balaban J connectivity index is 1.57. The van der Waals surface area contributed by atoms with Crippen LogP contribution in [0.4, 0.5) is 5.69 Å². The second-order valence-corrected chi connectivity index (χ2v) is 7.11. The van der Waals surface area contributed by atoms with Crippen molar-refractivity contribution in [1.82, 2.24) is 4.90 Å². The van der Waals surface area contributed by atoms with Gasteiger partial charge in [-0.05, 0) is 38.3 Å². The summed E-state index contributed by atoms with van der Waals surface area (Å²) in [6.45, 7) is 4.57. The summed E-state index contributed by atoms with van der Waals surface area (Å²) >= 11 is 0. The van der Waals surface area contributed by atoms with E-state index < -0.39 is 0 Å². The second kappa shape index (κ2) is 7.11. The van der Waals surface area contributed by atoms with Crippen LogP contribution in [-0.2, 0) is 14.3 Å². The molecule has 2 saturated heterocycles. The van der Waals surface area contributed by atoms with Gasteiger partial charge in [0.1, 0.15) is 6.61 Å². The van der Waals surface area contributed by atoms with Gasteiger partial charge in [-0.3, -0.25) is 4.79 Å². The van der Waals surface area contributed by atoms with Crippen LogP contribution in [0.15, 0.2) is 24.3 Å². The number of amides is 1. The largest absolute Gasteiger partial charge is 0.375 e. The fourth-order valence-corrected chi connectivity index (χ4v) is 3.79. The molecule has 24 heavy (non-hydrogen) atoms. The number of anilines is 1. The van der Waals surface area contributed by atoms with Gasteiger partial charge in [0.15, 0.2) is 0 Å². The van der Waals surface area contributed by atoms with E-state index in [0.29, 0.717) is 6.04 Å². The van der Waals surface area contributed by atoms with Crippen LogP contribution in [0.5, 0.6) is 0 Å². The average molecular weight is 332 g/mol. The summed E-state index contributed by atoms with van der Waals surface area (Å²) in [5.74, 6) is 0.0821. The summed E-state index contributed by atoms with van der Waals surface area (Å²) in [6, 6.07) is 9.04. The number of aryl methyl sites for hydroxylation is 1. The number of methoxy groups -OCH3 is 1. The lowest BCUT2D eigenvalue weighted by molar-refractivity contribution is -0.139. The molecule has 5 heteroatoms. The third kappa shape index (κ3) is 3.57. The van der Waals surface area contributed by atoms with E-state index in [-0.39, 0.29) is 18.1 Å². The highest BCUT2D eigenvalue weighted by atomic mass is 16.5. The molecular formula is C19H28N2O3. The van der Waals surface area contributed by atoms with Gasteiger partial charge >= 0.3 is 0 Å². The van der Waals surface area contributed by atoms with Crippen LogP contribution < -0.4 is 4.90 Å². The number of likely N-dealkylation sites (tertiary alicyclic amines) is 1. The van der Waals surface area contributed by atoms with Crippen LogP contribution in [0.3, 0.4) is 0 Å². The number of carbonyl (C=O) groups excluding carboxylic acids is 1. The molecule has 2 aliphatic rings. The Morgan fingerprint density at radius 3 is 2.62 bits per heavy atom. The van der Waals surface area contributed by atoms with E-state index in [1.807, 2.05) is 4.90 Å². The summed E-state index contributed by atoms with van der Waals surface area (Å²) in [7, 11) is 3.71. The molecule has 2 aliphatic heterocycles. The summed E-state index contributed by atoms with van der Waals surface area (Å²) < 4.78 is 11.2. The van der Waals surface area contributed by atoms with E-state index in [1.165, 1.54) is 11.3 Å². The number of nitrogens with zero attached hydrogens (tertiary/aromatic N) is 2. The van der Waals surface area contributed by atoms with Gasteiger partial charge in [-0.15, -0.1) is 0 Å². The molecule has 2 fully saturated rings. The number of hydrogen-bond donors (Lipinski definition) is 0. The molecule has 3 rings (SSSR count). The molecule has 132 valence electrons. The van der Waals surface area contributed by atoms with Gasteiger partial charge < -0.3 is 19.3 Å². The van der Waals surface area contributed by atoms with Crippen LogP contribution in [-0.4, -0.2) is 62.9 Å². The van der Waals surface area contributed by atoms with Crippen molar-refractivity contribution in [3.05, 3.63) is 29.8 Å². The molecule has 5 nitrogen and oxygen atoms in total. The third-order valence-electron chi connectivity index (χ3n) is 5.47. The Morgan fingerprint density at radius 1 is 1.33 bits per heavy atom. The van der Waals surface area contributed by atoms with Crippen molar-refractivity contribution in [2.45, 2.75) is 37.8 Å². The van der Waals surface area contributed by atoms with Crippen molar-refractivity contribution in [3.8, 4) is 0 Å². The average Bonchev–Trinajstić information content (AvgIpc) is 2.99. The Hall–Kier alpha value is -1.59. The Kier molecular flexibility index (Phi) is 5.11. The van der Waals surface area contributed by atoms with Crippen LogP contribution in [0.2, 0.25) is 0 Å². The molecular weight excluding hydrogens is 304 g/mol. The standard InChI is InChI=1S/C19H28N2O3/c1-15-4-6-16(7-5-15)20(2)17-12-19(24-13-17)8-10-21(11-9-19)18(22)14-23-3/h4-7,17H,8-14H2,1-3H3. The topological polar surface area (TPSA) is 42.0 Å². The van der Waals surface area contributed by atoms with Crippen molar-refractivity contribution < 1.29 is 14.3 Å². The molecule has 0 radical (unpaired) electrons. The lowest BCUT2D eigenvalue weighted by Crippen LogP contribution is -2.47. The predicted molar refractivity (Wildman–Crippen MR) is 94.4 cm³/mol. The third-order valence-corrected chi connectivity index (χ3v) is 5.47. The van der Waals surface area contributed by atoms with E-state index in [9.17, 15) is 4.79 Å². The first kappa shape index (κ1) is 17.2. The summed E-state index contributed by atoms with van der Waals surface area (Å²) in [5.41, 5.74) is 2.45. The molecule has 2 heterocycles. The first-order valence-corrected chi connectivity index (χ1v) is 8.73. The second-order valence-electron chi connectivity index (χ2n) is 7.11. The van der Waals surface area contributed by atoms with E-state index in [0.717, 1.165) is 39.0 Å². The highest BCUT2D eigenvalue weighted by Crippen LogP contribution is 2.38. The zero-order chi connectivity index (χ0) is 17.2. The fraction of sp³-hybridized carbons (Fsp3) is 0.632. The molecule has 0 bridgehead atoms. The molecule has 1 amide bonds. The van der Waals surface area contributed by atoms with Gasteiger partial charge in [0.05, 0.1) is 18.2 Å². The maximum Gasteiger partial charge on any atom is 0.248 e. The van der Waals surface area contributed by atoms with Gasteiger partial charge in [-0.25, -0.2) is 0 Å². The minimum atomic E-state index is -0.0620. The number of ether oxygens (including phenoxy) is 2. The SMILES string of the molecule is COCC(=O)N1CCC2(CC1)CC(N(C)c1ccc(C)cc1)CO2. The van der Waals surface area contributed by atoms with Crippen LogP contribution in [0.25, 0.3) is 0 Å². The number of piperidine rings is 1. The van der Waals surface area contributed by atoms with Crippen molar-refractivity contribution >= 4 is 11.6 Å². The highest BCUT2D eigenvalue weighted by molar-refractivity contribution is 5.77. The zero-order valence-corrected chi connectivity index (χ0v) is 15.0. The smallest absolute Gasteiger partial charge is 0.248 e. The van der Waals surface area contributed by atoms with Crippen molar-refractivity contribution in [2.24, 2.45) is 0 Å². The number of benzene rings is 1. The van der Waals surface area contributed by atoms with E-state index >= 15 is 0 Å². The first-order chi connectivity index (χ1) is 11.5. The highest BCUT2D eigenvalue weighted by Gasteiger charge is 2.44. The van der Waals surface area contributed by atoms with Crippen molar-refractivity contribution in [2.75, 3.05) is 45.4 Å². The fourth-order valence-electron chi connectivity index (χ4n) is 3.79. The number of hydrogen-bond acceptors (Lipinski definition) is 4. The molecule has 1 unspecified atom stereocenters. The van der Waals surface area contributed by atoms with Crippen LogP contribution >= 0.6 is 0 Å². The Labute approximate surface area is 144 Å². The van der Waals surface area contributed by atoms with E-state index in [2.05, 4.69) is 43.1 Å². The summed E-state index contributed by atoms with van der Waals surface area (Å²) in [5, 5.41) is 0. The zero-order valence-electron chi connectivity index (χ0n) is 15.0. The molecule has 0 N–H and O–H groups in total. The normalized spacial score (nSPS) is 22.8. The van der Waals surface area contributed by atoms with E-state index in [1.54, 1.807) is 7.11 Å². The lowest BCUT2D eigenvalue weighted by atomic mass is 9.87. The van der Waals surface area contributed by atoms with Gasteiger partial charge in [-0.1, -0.05) is 17.7 Å². The molecule has 1 aromatic rings. The van der Waals surface area contributed by atoms with Crippen LogP contribution in [0.1, 0.15) is 24.8 Å². The minimum absolute atomic E-state index is 0.0620. The maximum absolute atomic E-state index is 11.9. The number of likely N-dealkylation sites (N-methyl/N-ethyl adjacent to an activating group) is 1. The van der Waals surface area contributed by atoms with Crippen molar-refractivity contribution in [3.63, 3.8) is 0 Å². The predicted octanol–water partition coefficient (Wildman–Crippen LogP) is 2.23. The Morgan fingerprint density at radius 2 is 2.00 bits per heavy atom. The lowest BCUT2D eigenvalue weighted by Gasteiger charge is -2.39. The maximum atomic E-state index is 11.9. The summed E-state index contributed by atoms with van der Waals surface area (Å²) in [4.78, 5) is 16.2. The van der Waals surface area contributed by atoms with Gasteiger partial charge in [0, 0.05) is 32.9 Å². The van der Waals surface area contributed by atoms with E-state index in [4.69, 9.17) is 9.47 Å². The summed E-state index contributed by atoms with van der Waals surface area (Å²) in [6.07, 6.45) is 2.87. The number of rotatable bonds is 4. The van der Waals surface area contributed by atoms with Gasteiger partial charge in [-0.2, -0.15) is 0 Å². The molecule has 1 spiro atoms. The quantitative estimate of drug-likeness (QED) is 0.848. The monoisotopic (exact) mass is 332 g/mol. The molecule has 0 aliphatic carbocycles. The van der Waals surface area contributed by atoms with Crippen LogP contribution in [0, 0.1) is 6.92 Å². The molecule has 1 atom stereocenters. The number of carbonyl (C=O) groups is 1. The molecule has 0 aromatic heterocycles. The van der Waals surface area contributed by atoms with Gasteiger partial charge in [0.2, 0.25) is 5.91 Å². The molecule has 0 saturated carbocycles. The van der Waals surface area contributed by atoms with Crippen molar-refractivity contribution in [1.29, 1.82) is 0 Å². The van der Waals surface area contributed by atoms with Gasteiger partial charge in [0.25, 0.3) is 0 Å². The first-order valence-electron chi connectivity index (χ1n) is 8.73.